The van der Waals surface area contributed by atoms with Crippen LogP contribution in [0.3, 0.4) is 0 Å². The van der Waals surface area contributed by atoms with Gasteiger partial charge in [0.1, 0.15) is 5.82 Å². The molecule has 1 aliphatic heterocycles. The molecule has 3 N–H and O–H groups in total. The third-order valence-electron chi connectivity index (χ3n) is 4.29. The monoisotopic (exact) mass is 412 g/mol. The summed E-state index contributed by atoms with van der Waals surface area (Å²) in [6.07, 6.45) is 2.99. The van der Waals surface area contributed by atoms with Crippen molar-refractivity contribution < 1.29 is 9.18 Å². The number of piperidine rings is 1. The number of amides is 1. The molecule has 1 aliphatic rings. The number of hydrogen-bond acceptors (Lipinski definition) is 2. The molecule has 1 aromatic carbocycles. The number of benzene rings is 1. The van der Waals surface area contributed by atoms with Gasteiger partial charge in [0.2, 0.25) is 5.91 Å². The van der Waals surface area contributed by atoms with Crippen molar-refractivity contribution in [1.82, 2.24) is 10.2 Å². The first kappa shape index (κ1) is 19.7. The van der Waals surface area contributed by atoms with Crippen LogP contribution in [0, 0.1) is 11.7 Å². The molecule has 0 spiro atoms. The number of primary amides is 1. The second-order valence-electron chi connectivity index (χ2n) is 6.35. The lowest BCUT2D eigenvalue weighted by Crippen LogP contribution is -2.47. The molecule has 0 aliphatic carbocycles. The van der Waals surface area contributed by atoms with Gasteiger partial charge >= 0.3 is 0 Å². The average molecular weight is 413 g/mol. The van der Waals surface area contributed by atoms with Gasteiger partial charge in [0, 0.05) is 37.1 Å². The van der Waals surface area contributed by atoms with E-state index in [4.69, 9.17) is 5.73 Å². The van der Waals surface area contributed by atoms with Crippen molar-refractivity contribution in [1.29, 1.82) is 0 Å². The standard InChI is InChI=1S/C18H26BrFN4O/c1-2-22-18(24-9-3-4-13(12-24)10-17(21)25)23-8-7-14-11-15(19)5-6-16(14)20/h5-6,11,13H,2-4,7-10,12H2,1H3,(H2,21,25)(H,22,23). The number of nitrogens with zero attached hydrogens (tertiary/aromatic N) is 2. The van der Waals surface area contributed by atoms with Crippen LogP contribution in [0.2, 0.25) is 0 Å². The molecule has 0 radical (unpaired) electrons. The van der Waals surface area contributed by atoms with E-state index < -0.39 is 0 Å². The predicted octanol–water partition coefficient (Wildman–Crippen LogP) is 2.68. The first-order valence-electron chi connectivity index (χ1n) is 8.75. The zero-order valence-corrected chi connectivity index (χ0v) is 16.2. The van der Waals surface area contributed by atoms with E-state index >= 15 is 0 Å². The Morgan fingerprint density at radius 3 is 3.04 bits per heavy atom. The van der Waals surface area contributed by atoms with Gasteiger partial charge in [0.05, 0.1) is 0 Å². The summed E-state index contributed by atoms with van der Waals surface area (Å²) in [6.45, 7) is 4.98. The number of rotatable bonds is 6. The summed E-state index contributed by atoms with van der Waals surface area (Å²) in [5.41, 5.74) is 5.98. The van der Waals surface area contributed by atoms with Crippen LogP contribution in [0.5, 0.6) is 0 Å². The number of aliphatic imine (C=N–C) groups is 1. The van der Waals surface area contributed by atoms with Gasteiger partial charge in [-0.2, -0.15) is 0 Å². The van der Waals surface area contributed by atoms with Crippen molar-refractivity contribution in [3.63, 3.8) is 0 Å². The number of guanidine groups is 1. The van der Waals surface area contributed by atoms with Crippen molar-refractivity contribution in [2.24, 2.45) is 16.6 Å². The van der Waals surface area contributed by atoms with E-state index in [1.807, 2.05) is 6.92 Å². The number of halogens is 2. The van der Waals surface area contributed by atoms with E-state index in [-0.39, 0.29) is 17.6 Å². The van der Waals surface area contributed by atoms with Crippen LogP contribution in [-0.2, 0) is 11.2 Å². The summed E-state index contributed by atoms with van der Waals surface area (Å²) in [5.74, 6) is 0.645. The molecule has 0 aromatic heterocycles. The topological polar surface area (TPSA) is 70.7 Å². The van der Waals surface area contributed by atoms with Crippen LogP contribution < -0.4 is 11.1 Å². The molecule has 5 nitrogen and oxygen atoms in total. The molecule has 1 atom stereocenters. The van der Waals surface area contributed by atoms with Gasteiger partial charge in [-0.15, -0.1) is 0 Å². The van der Waals surface area contributed by atoms with Crippen LogP contribution in [-0.4, -0.2) is 42.9 Å². The van der Waals surface area contributed by atoms with Crippen LogP contribution in [0.15, 0.2) is 27.7 Å². The van der Waals surface area contributed by atoms with E-state index in [1.165, 1.54) is 6.07 Å². The Kier molecular flexibility index (Phi) is 7.68. The highest BCUT2D eigenvalue weighted by Crippen LogP contribution is 2.20. The largest absolute Gasteiger partial charge is 0.370 e. The lowest BCUT2D eigenvalue weighted by atomic mass is 9.95. The molecular weight excluding hydrogens is 387 g/mol. The van der Waals surface area contributed by atoms with Crippen LogP contribution in [0.4, 0.5) is 4.39 Å². The predicted molar refractivity (Wildman–Crippen MR) is 102 cm³/mol. The van der Waals surface area contributed by atoms with Crippen LogP contribution in [0.1, 0.15) is 31.7 Å². The van der Waals surface area contributed by atoms with Gasteiger partial charge < -0.3 is 16.0 Å². The lowest BCUT2D eigenvalue weighted by Gasteiger charge is -2.34. The minimum atomic E-state index is -0.251. The molecule has 7 heteroatoms. The summed E-state index contributed by atoms with van der Waals surface area (Å²) in [4.78, 5) is 18.0. The van der Waals surface area contributed by atoms with E-state index in [0.29, 0.717) is 24.9 Å². The number of nitrogens with two attached hydrogens (primary N) is 1. The van der Waals surface area contributed by atoms with Gasteiger partial charge in [0.25, 0.3) is 0 Å². The summed E-state index contributed by atoms with van der Waals surface area (Å²) in [6, 6.07) is 4.95. The molecule has 1 fully saturated rings. The Morgan fingerprint density at radius 1 is 1.52 bits per heavy atom. The highest BCUT2D eigenvalue weighted by atomic mass is 79.9. The van der Waals surface area contributed by atoms with Crippen molar-refractivity contribution in [2.75, 3.05) is 26.2 Å². The molecule has 1 heterocycles. The van der Waals surface area contributed by atoms with Gasteiger partial charge in [-0.05, 0) is 55.9 Å². The minimum Gasteiger partial charge on any atom is -0.370 e. The average Bonchev–Trinajstić information content (AvgIpc) is 2.57. The number of carbonyl (C=O) groups excluding carboxylic acids is 1. The zero-order chi connectivity index (χ0) is 18.2. The molecule has 0 bridgehead atoms. The van der Waals surface area contributed by atoms with Crippen molar-refractivity contribution >= 4 is 27.8 Å². The van der Waals surface area contributed by atoms with Crippen molar-refractivity contribution in [2.45, 2.75) is 32.6 Å². The van der Waals surface area contributed by atoms with E-state index in [0.717, 1.165) is 42.9 Å². The van der Waals surface area contributed by atoms with Gasteiger partial charge in [0.15, 0.2) is 5.96 Å². The molecule has 1 saturated heterocycles. The third kappa shape index (κ3) is 6.30. The smallest absolute Gasteiger partial charge is 0.217 e. The molecule has 25 heavy (non-hydrogen) atoms. The molecule has 2 rings (SSSR count). The highest BCUT2D eigenvalue weighted by molar-refractivity contribution is 9.10. The SMILES string of the molecule is CCNC(=NCCc1cc(Br)ccc1F)N1CCCC(CC(N)=O)C1. The van der Waals surface area contributed by atoms with Gasteiger partial charge in [-0.1, -0.05) is 15.9 Å². The summed E-state index contributed by atoms with van der Waals surface area (Å²) in [7, 11) is 0. The first-order chi connectivity index (χ1) is 12.0. The van der Waals surface area contributed by atoms with Crippen LogP contribution in [0.25, 0.3) is 0 Å². The Bertz CT molecular complexity index is 623. The minimum absolute atomic E-state index is 0.206. The fourth-order valence-electron chi connectivity index (χ4n) is 3.15. The van der Waals surface area contributed by atoms with E-state index in [2.05, 4.69) is 31.1 Å². The van der Waals surface area contributed by atoms with Gasteiger partial charge in [-0.25, -0.2) is 4.39 Å². The fourth-order valence-corrected chi connectivity index (χ4v) is 3.56. The third-order valence-corrected chi connectivity index (χ3v) is 4.79. The molecule has 1 aromatic rings. The Labute approximate surface area is 157 Å². The second-order valence-corrected chi connectivity index (χ2v) is 7.26. The maximum Gasteiger partial charge on any atom is 0.217 e. The Morgan fingerprint density at radius 2 is 2.32 bits per heavy atom. The second kappa shape index (κ2) is 9.75. The number of nitrogens with one attached hydrogen (secondary N) is 1. The first-order valence-corrected chi connectivity index (χ1v) is 9.54. The van der Waals surface area contributed by atoms with E-state index in [1.54, 1.807) is 12.1 Å². The maximum absolute atomic E-state index is 13.8. The maximum atomic E-state index is 13.8. The Hall–Kier alpha value is -1.63. The van der Waals surface area contributed by atoms with Crippen molar-refractivity contribution in [3.05, 3.63) is 34.1 Å². The van der Waals surface area contributed by atoms with Crippen LogP contribution >= 0.6 is 15.9 Å². The summed E-state index contributed by atoms with van der Waals surface area (Å²) >= 11 is 3.37. The molecule has 1 amide bonds. The summed E-state index contributed by atoms with van der Waals surface area (Å²) in [5, 5.41) is 3.30. The lowest BCUT2D eigenvalue weighted by molar-refractivity contribution is -0.119. The number of carbonyl (C=O) groups is 1. The van der Waals surface area contributed by atoms with Crippen molar-refractivity contribution in [3.8, 4) is 0 Å². The highest BCUT2D eigenvalue weighted by Gasteiger charge is 2.23. The molecule has 0 saturated carbocycles. The normalized spacial score (nSPS) is 18.3. The zero-order valence-electron chi connectivity index (χ0n) is 14.6. The molecule has 138 valence electrons. The number of hydrogen-bond donors (Lipinski definition) is 2. The number of likely N-dealkylation sites (tertiary alicyclic amines) is 1. The quantitative estimate of drug-likeness (QED) is 0.557. The molecular formula is C18H26BrFN4O. The van der Waals surface area contributed by atoms with Gasteiger partial charge in [-0.3, -0.25) is 9.79 Å². The molecule has 1 unspecified atom stereocenters. The van der Waals surface area contributed by atoms with E-state index in [9.17, 15) is 9.18 Å². The Balaban J connectivity index is 1.99. The summed E-state index contributed by atoms with van der Waals surface area (Å²) < 4.78 is 14.7. The fraction of sp³-hybridized carbons (Fsp3) is 0.556.